The van der Waals surface area contributed by atoms with Crippen molar-refractivity contribution in [1.82, 2.24) is 9.80 Å². The molecule has 2 aliphatic rings. The van der Waals surface area contributed by atoms with E-state index in [0.717, 1.165) is 24.9 Å². The molecule has 2 aromatic rings. The first-order valence-electron chi connectivity index (χ1n) is 8.86. The Balaban J connectivity index is 1.54. The molecule has 0 N–H and O–H groups in total. The highest BCUT2D eigenvalue weighted by Crippen LogP contribution is 2.30. The summed E-state index contributed by atoms with van der Waals surface area (Å²) < 4.78 is 11.2. The number of methoxy groups -OCH3 is 1. The van der Waals surface area contributed by atoms with E-state index in [-0.39, 0.29) is 5.91 Å². The number of amides is 1. The first-order chi connectivity index (χ1) is 11.8. The average Bonchev–Trinajstić information content (AvgIpc) is 3.30. The van der Waals surface area contributed by atoms with Crippen molar-refractivity contribution in [3.05, 3.63) is 30.0 Å². The molecule has 2 aliphatic heterocycles. The van der Waals surface area contributed by atoms with E-state index >= 15 is 0 Å². The zero-order valence-corrected chi connectivity index (χ0v) is 14.2. The molecular formula is C19H24N2O3. The normalized spacial score (nSPS) is 22.2. The van der Waals surface area contributed by atoms with Gasteiger partial charge in [-0.1, -0.05) is 12.1 Å². The van der Waals surface area contributed by atoms with Crippen LogP contribution in [0.15, 0.2) is 28.7 Å². The highest BCUT2D eigenvalue weighted by Gasteiger charge is 2.30. The Labute approximate surface area is 142 Å². The second-order valence-corrected chi connectivity index (χ2v) is 6.78. The molecule has 1 aromatic carbocycles. The molecular weight excluding hydrogens is 304 g/mol. The summed E-state index contributed by atoms with van der Waals surface area (Å²) in [6, 6.07) is 8.05. The molecule has 0 saturated carbocycles. The predicted octanol–water partition coefficient (Wildman–Crippen LogP) is 3.14. The van der Waals surface area contributed by atoms with E-state index < -0.39 is 0 Å². The van der Waals surface area contributed by atoms with Gasteiger partial charge in [-0.2, -0.15) is 0 Å². The molecule has 0 radical (unpaired) electrons. The standard InChI is InChI=1S/C19H24N2O3/c1-23-16-8-4-6-14-12-17(24-18(14)16)19(22)21-11-5-7-15(13-21)20-9-2-3-10-20/h4,6,8,12,15H,2-3,5,7,9-11,13H2,1H3/t15-/m0/s1. The van der Waals surface area contributed by atoms with Crippen LogP contribution in [0.2, 0.25) is 0 Å². The number of hydrogen-bond acceptors (Lipinski definition) is 4. The number of fused-ring (bicyclic) bond motifs is 1. The Morgan fingerprint density at radius 2 is 2.04 bits per heavy atom. The lowest BCUT2D eigenvalue weighted by molar-refractivity contribution is 0.0580. The maximum atomic E-state index is 12.9. The van der Waals surface area contributed by atoms with Gasteiger partial charge >= 0.3 is 0 Å². The monoisotopic (exact) mass is 328 g/mol. The molecule has 3 heterocycles. The minimum atomic E-state index is -0.00264. The number of benzene rings is 1. The first kappa shape index (κ1) is 15.5. The van der Waals surface area contributed by atoms with Gasteiger partial charge in [-0.05, 0) is 50.9 Å². The van der Waals surface area contributed by atoms with Crippen LogP contribution in [0.5, 0.6) is 5.75 Å². The van der Waals surface area contributed by atoms with E-state index in [1.807, 2.05) is 29.2 Å². The maximum absolute atomic E-state index is 12.9. The van der Waals surface area contributed by atoms with Crippen LogP contribution in [0.25, 0.3) is 11.0 Å². The van der Waals surface area contributed by atoms with E-state index in [1.54, 1.807) is 7.11 Å². The average molecular weight is 328 g/mol. The van der Waals surface area contributed by atoms with Crippen molar-refractivity contribution in [3.63, 3.8) is 0 Å². The topological polar surface area (TPSA) is 45.9 Å². The van der Waals surface area contributed by atoms with Crippen molar-refractivity contribution in [2.45, 2.75) is 31.7 Å². The van der Waals surface area contributed by atoms with Crippen LogP contribution >= 0.6 is 0 Å². The quantitative estimate of drug-likeness (QED) is 0.868. The number of carbonyl (C=O) groups is 1. The summed E-state index contributed by atoms with van der Waals surface area (Å²) in [5, 5.41) is 0.908. The smallest absolute Gasteiger partial charge is 0.289 e. The molecule has 0 aliphatic carbocycles. The Morgan fingerprint density at radius 1 is 1.21 bits per heavy atom. The van der Waals surface area contributed by atoms with Crippen molar-refractivity contribution in [2.24, 2.45) is 0 Å². The minimum absolute atomic E-state index is 0.00264. The molecule has 24 heavy (non-hydrogen) atoms. The Hall–Kier alpha value is -2.01. The second kappa shape index (κ2) is 6.48. The van der Waals surface area contributed by atoms with E-state index in [0.29, 0.717) is 23.1 Å². The fourth-order valence-electron chi connectivity index (χ4n) is 4.00. The van der Waals surface area contributed by atoms with Crippen LogP contribution < -0.4 is 4.74 Å². The van der Waals surface area contributed by atoms with Gasteiger partial charge < -0.3 is 14.1 Å². The summed E-state index contributed by atoms with van der Waals surface area (Å²) in [6.07, 6.45) is 4.83. The van der Waals surface area contributed by atoms with Gasteiger partial charge in [-0.3, -0.25) is 9.69 Å². The third-order valence-corrected chi connectivity index (χ3v) is 5.28. The summed E-state index contributed by atoms with van der Waals surface area (Å²) in [7, 11) is 1.62. The molecule has 0 unspecified atom stereocenters. The molecule has 4 rings (SSSR count). The van der Waals surface area contributed by atoms with Gasteiger partial charge in [-0.25, -0.2) is 0 Å². The lowest BCUT2D eigenvalue weighted by Gasteiger charge is -2.37. The number of nitrogens with zero attached hydrogens (tertiary/aromatic N) is 2. The lowest BCUT2D eigenvalue weighted by Crippen LogP contribution is -2.48. The fourth-order valence-corrected chi connectivity index (χ4v) is 4.00. The van der Waals surface area contributed by atoms with Crippen molar-refractivity contribution < 1.29 is 13.9 Å². The third-order valence-electron chi connectivity index (χ3n) is 5.28. The zero-order valence-electron chi connectivity index (χ0n) is 14.2. The van der Waals surface area contributed by atoms with Gasteiger partial charge in [0.15, 0.2) is 17.1 Å². The number of likely N-dealkylation sites (tertiary alicyclic amines) is 2. The van der Waals surface area contributed by atoms with Gasteiger partial charge in [0.25, 0.3) is 5.91 Å². The summed E-state index contributed by atoms with van der Waals surface area (Å²) in [5.74, 6) is 1.08. The van der Waals surface area contributed by atoms with E-state index in [9.17, 15) is 4.79 Å². The molecule has 0 bridgehead atoms. The van der Waals surface area contributed by atoms with Crippen LogP contribution in [-0.2, 0) is 0 Å². The number of ether oxygens (including phenoxy) is 1. The number of para-hydroxylation sites is 1. The number of rotatable bonds is 3. The van der Waals surface area contributed by atoms with E-state index in [1.165, 1.54) is 32.4 Å². The number of piperidine rings is 1. The van der Waals surface area contributed by atoms with Gasteiger partial charge in [0.2, 0.25) is 0 Å². The van der Waals surface area contributed by atoms with Gasteiger partial charge in [-0.15, -0.1) is 0 Å². The number of carbonyl (C=O) groups excluding carboxylic acids is 1. The van der Waals surface area contributed by atoms with E-state index in [4.69, 9.17) is 9.15 Å². The van der Waals surface area contributed by atoms with Crippen molar-refractivity contribution in [2.75, 3.05) is 33.3 Å². The molecule has 0 spiro atoms. The molecule has 5 nitrogen and oxygen atoms in total. The SMILES string of the molecule is COc1cccc2cc(C(=O)N3CCC[C@H](N4CCCC4)C3)oc12. The molecule has 1 amide bonds. The third kappa shape index (κ3) is 2.77. The zero-order chi connectivity index (χ0) is 16.5. The lowest BCUT2D eigenvalue weighted by atomic mass is 10.0. The summed E-state index contributed by atoms with van der Waals surface area (Å²) >= 11 is 0. The van der Waals surface area contributed by atoms with Gasteiger partial charge in [0.05, 0.1) is 7.11 Å². The van der Waals surface area contributed by atoms with Crippen LogP contribution in [-0.4, -0.2) is 55.0 Å². The largest absolute Gasteiger partial charge is 0.493 e. The predicted molar refractivity (Wildman–Crippen MR) is 92.5 cm³/mol. The number of hydrogen-bond donors (Lipinski definition) is 0. The van der Waals surface area contributed by atoms with Crippen molar-refractivity contribution >= 4 is 16.9 Å². The Bertz CT molecular complexity index is 733. The fraction of sp³-hybridized carbons (Fsp3) is 0.526. The van der Waals surface area contributed by atoms with Crippen molar-refractivity contribution in [1.29, 1.82) is 0 Å². The summed E-state index contributed by atoms with van der Waals surface area (Å²) in [5.41, 5.74) is 0.649. The molecule has 1 atom stereocenters. The van der Waals surface area contributed by atoms with Crippen LogP contribution in [0.1, 0.15) is 36.2 Å². The summed E-state index contributed by atoms with van der Waals surface area (Å²) in [6.45, 7) is 3.98. The van der Waals surface area contributed by atoms with Gasteiger partial charge in [0.1, 0.15) is 0 Å². The van der Waals surface area contributed by atoms with Crippen molar-refractivity contribution in [3.8, 4) is 5.75 Å². The molecule has 5 heteroatoms. The molecule has 2 fully saturated rings. The first-order valence-corrected chi connectivity index (χ1v) is 8.86. The molecule has 2 saturated heterocycles. The van der Waals surface area contributed by atoms with Crippen LogP contribution in [0.4, 0.5) is 0 Å². The van der Waals surface area contributed by atoms with Gasteiger partial charge in [0, 0.05) is 24.5 Å². The minimum Gasteiger partial charge on any atom is -0.493 e. The van der Waals surface area contributed by atoms with Crippen LogP contribution in [0.3, 0.4) is 0 Å². The Morgan fingerprint density at radius 3 is 2.83 bits per heavy atom. The summed E-state index contributed by atoms with van der Waals surface area (Å²) in [4.78, 5) is 17.4. The molecule has 128 valence electrons. The van der Waals surface area contributed by atoms with Crippen LogP contribution in [0, 0.1) is 0 Å². The second-order valence-electron chi connectivity index (χ2n) is 6.78. The number of furan rings is 1. The Kier molecular flexibility index (Phi) is 4.19. The maximum Gasteiger partial charge on any atom is 0.289 e. The molecule has 1 aromatic heterocycles. The highest BCUT2D eigenvalue weighted by atomic mass is 16.5. The van der Waals surface area contributed by atoms with E-state index in [2.05, 4.69) is 4.90 Å². The highest BCUT2D eigenvalue weighted by molar-refractivity contribution is 5.97.